The minimum atomic E-state index is 0.692. The van der Waals surface area contributed by atoms with Crippen molar-refractivity contribution in [3.8, 4) is 11.3 Å². The number of nitrogens with one attached hydrogen (secondary N) is 2. The maximum Gasteiger partial charge on any atom is 0.0882 e. The lowest BCUT2D eigenvalue weighted by molar-refractivity contribution is 0.875. The number of aromatic nitrogens is 2. The van der Waals surface area contributed by atoms with Crippen LogP contribution in [0, 0.1) is 0 Å². The predicted molar refractivity (Wildman–Crippen MR) is 73.9 cm³/mol. The van der Waals surface area contributed by atoms with E-state index in [-0.39, 0.29) is 0 Å². The second kappa shape index (κ2) is 5.84. The summed E-state index contributed by atoms with van der Waals surface area (Å²) in [7, 11) is 0. The Bertz CT molecular complexity index is 481. The van der Waals surface area contributed by atoms with Crippen molar-refractivity contribution in [3.63, 3.8) is 0 Å². The molecule has 1 heterocycles. The van der Waals surface area contributed by atoms with Gasteiger partial charge in [0.2, 0.25) is 0 Å². The van der Waals surface area contributed by atoms with Crippen LogP contribution in [0.1, 0.15) is 6.42 Å². The second-order valence-corrected chi connectivity index (χ2v) is 4.65. The minimum Gasteiger partial charge on any atom is -0.382 e. The van der Waals surface area contributed by atoms with Crippen molar-refractivity contribution < 1.29 is 0 Å². The Kier molecular flexibility index (Phi) is 4.17. The Morgan fingerprint density at radius 1 is 1.41 bits per heavy atom. The molecule has 0 saturated carbocycles. The average Bonchev–Trinajstić information content (AvgIpc) is 2.78. The molecule has 4 N–H and O–H groups in total. The van der Waals surface area contributed by atoms with E-state index >= 15 is 0 Å². The summed E-state index contributed by atoms with van der Waals surface area (Å²) in [5, 5.41) is 10.4. The van der Waals surface area contributed by atoms with Crippen LogP contribution in [0.2, 0.25) is 0 Å². The molecule has 90 valence electrons. The zero-order valence-corrected chi connectivity index (χ0v) is 11.0. The lowest BCUT2D eigenvalue weighted by atomic mass is 10.1. The molecule has 17 heavy (non-hydrogen) atoms. The van der Waals surface area contributed by atoms with Crippen LogP contribution >= 0.6 is 15.9 Å². The number of aromatic amines is 1. The summed E-state index contributed by atoms with van der Waals surface area (Å²) < 4.78 is 1.05. The SMILES string of the molecule is NCCCNc1cn[nH]c1-c1cccc(Br)c1. The maximum absolute atomic E-state index is 5.47. The molecule has 0 saturated heterocycles. The minimum absolute atomic E-state index is 0.692. The standard InChI is InChI=1S/C12H15BrN4/c13-10-4-1-3-9(7-10)12-11(8-16-17-12)15-6-2-5-14/h1,3-4,7-8,15H,2,5-6,14H2,(H,16,17). The van der Waals surface area contributed by atoms with Crippen molar-refractivity contribution in [3.05, 3.63) is 34.9 Å². The average molecular weight is 295 g/mol. The highest BCUT2D eigenvalue weighted by molar-refractivity contribution is 9.10. The fraction of sp³-hybridized carbons (Fsp3) is 0.250. The van der Waals surface area contributed by atoms with Crippen molar-refractivity contribution in [1.29, 1.82) is 0 Å². The number of hydrogen-bond acceptors (Lipinski definition) is 3. The monoisotopic (exact) mass is 294 g/mol. The number of H-pyrrole nitrogens is 1. The largest absolute Gasteiger partial charge is 0.382 e. The third kappa shape index (κ3) is 3.08. The van der Waals surface area contributed by atoms with Crippen molar-refractivity contribution in [2.45, 2.75) is 6.42 Å². The molecule has 1 aromatic heterocycles. The summed E-state index contributed by atoms with van der Waals surface area (Å²) in [5.74, 6) is 0. The molecule has 0 spiro atoms. The van der Waals surface area contributed by atoms with E-state index in [1.807, 2.05) is 18.2 Å². The van der Waals surface area contributed by atoms with E-state index in [9.17, 15) is 0 Å². The third-order valence-electron chi connectivity index (χ3n) is 2.45. The van der Waals surface area contributed by atoms with Crippen LogP contribution in [-0.2, 0) is 0 Å². The van der Waals surface area contributed by atoms with Gasteiger partial charge in [-0.2, -0.15) is 5.10 Å². The molecule has 0 bridgehead atoms. The van der Waals surface area contributed by atoms with E-state index in [1.165, 1.54) is 0 Å². The van der Waals surface area contributed by atoms with Crippen molar-refractivity contribution in [2.24, 2.45) is 5.73 Å². The molecule has 5 heteroatoms. The van der Waals surface area contributed by atoms with Crippen molar-refractivity contribution in [1.82, 2.24) is 10.2 Å². The molecule has 0 aliphatic carbocycles. The molecule has 0 atom stereocenters. The summed E-state index contributed by atoms with van der Waals surface area (Å²) in [5.41, 5.74) is 8.58. The number of nitrogens with zero attached hydrogens (tertiary/aromatic N) is 1. The fourth-order valence-corrected chi connectivity index (χ4v) is 2.01. The third-order valence-corrected chi connectivity index (χ3v) is 2.94. The van der Waals surface area contributed by atoms with Crippen LogP contribution < -0.4 is 11.1 Å². The molecule has 2 rings (SSSR count). The Labute approximate surface area is 109 Å². The summed E-state index contributed by atoms with van der Waals surface area (Å²) in [4.78, 5) is 0. The zero-order valence-electron chi connectivity index (χ0n) is 9.41. The Balaban J connectivity index is 2.18. The zero-order chi connectivity index (χ0) is 12.1. The van der Waals surface area contributed by atoms with Crippen LogP contribution in [0.15, 0.2) is 34.9 Å². The Morgan fingerprint density at radius 3 is 3.06 bits per heavy atom. The van der Waals surface area contributed by atoms with Gasteiger partial charge in [-0.1, -0.05) is 28.1 Å². The highest BCUT2D eigenvalue weighted by Gasteiger charge is 2.07. The van der Waals surface area contributed by atoms with E-state index in [1.54, 1.807) is 6.20 Å². The molecule has 2 aromatic rings. The van der Waals surface area contributed by atoms with Gasteiger partial charge >= 0.3 is 0 Å². The topological polar surface area (TPSA) is 66.7 Å². The number of hydrogen-bond donors (Lipinski definition) is 3. The maximum atomic E-state index is 5.47. The first-order valence-electron chi connectivity index (χ1n) is 5.54. The molecule has 1 aromatic carbocycles. The summed E-state index contributed by atoms with van der Waals surface area (Å²) >= 11 is 3.46. The first-order chi connectivity index (χ1) is 8.31. The van der Waals surface area contributed by atoms with Crippen molar-refractivity contribution >= 4 is 21.6 Å². The normalized spacial score (nSPS) is 10.5. The van der Waals surface area contributed by atoms with E-state index in [0.29, 0.717) is 6.54 Å². The number of anilines is 1. The van der Waals surface area contributed by atoms with Gasteiger partial charge in [0.1, 0.15) is 0 Å². The van der Waals surface area contributed by atoms with Crippen molar-refractivity contribution in [2.75, 3.05) is 18.4 Å². The van der Waals surface area contributed by atoms with Gasteiger partial charge in [-0.15, -0.1) is 0 Å². The van der Waals surface area contributed by atoms with Gasteiger partial charge in [-0.3, -0.25) is 5.10 Å². The predicted octanol–water partition coefficient (Wildman–Crippen LogP) is 2.60. The first kappa shape index (κ1) is 12.1. The summed E-state index contributed by atoms with van der Waals surface area (Å²) in [6, 6.07) is 8.11. The van der Waals surface area contributed by atoms with E-state index in [4.69, 9.17) is 5.73 Å². The van der Waals surface area contributed by atoms with Crippen LogP contribution in [-0.4, -0.2) is 23.3 Å². The Morgan fingerprint density at radius 2 is 2.29 bits per heavy atom. The van der Waals surface area contributed by atoms with Crippen LogP contribution in [0.3, 0.4) is 0 Å². The summed E-state index contributed by atoms with van der Waals surface area (Å²) in [6.45, 7) is 1.55. The van der Waals surface area contributed by atoms with Gasteiger partial charge in [0.05, 0.1) is 17.6 Å². The molecular weight excluding hydrogens is 280 g/mol. The molecule has 0 aliphatic heterocycles. The Hall–Kier alpha value is -1.33. The quantitative estimate of drug-likeness (QED) is 0.743. The molecule has 0 fully saturated rings. The van der Waals surface area contributed by atoms with Crippen LogP contribution in [0.25, 0.3) is 11.3 Å². The highest BCUT2D eigenvalue weighted by atomic mass is 79.9. The van der Waals surface area contributed by atoms with E-state index in [2.05, 4.69) is 37.5 Å². The lowest BCUT2D eigenvalue weighted by Gasteiger charge is -2.06. The van der Waals surface area contributed by atoms with Gasteiger partial charge < -0.3 is 11.1 Å². The second-order valence-electron chi connectivity index (χ2n) is 3.74. The fourth-order valence-electron chi connectivity index (χ4n) is 1.61. The molecule has 0 aliphatic rings. The van der Waals surface area contributed by atoms with E-state index < -0.39 is 0 Å². The molecule has 0 radical (unpaired) electrons. The number of halogens is 1. The van der Waals surface area contributed by atoms with Gasteiger partial charge in [-0.25, -0.2) is 0 Å². The highest BCUT2D eigenvalue weighted by Crippen LogP contribution is 2.27. The van der Waals surface area contributed by atoms with E-state index in [0.717, 1.165) is 34.4 Å². The summed E-state index contributed by atoms with van der Waals surface area (Å²) in [6.07, 6.45) is 2.75. The van der Waals surface area contributed by atoms with Gasteiger partial charge in [0, 0.05) is 16.6 Å². The smallest absolute Gasteiger partial charge is 0.0882 e. The van der Waals surface area contributed by atoms with Gasteiger partial charge in [0.25, 0.3) is 0 Å². The van der Waals surface area contributed by atoms with Gasteiger partial charge in [0.15, 0.2) is 0 Å². The molecule has 4 nitrogen and oxygen atoms in total. The number of rotatable bonds is 5. The molecule has 0 amide bonds. The molecule has 0 unspecified atom stereocenters. The number of benzene rings is 1. The number of nitrogens with two attached hydrogens (primary N) is 1. The first-order valence-corrected chi connectivity index (χ1v) is 6.34. The molecular formula is C12H15BrN4. The van der Waals surface area contributed by atoms with Crippen LogP contribution in [0.5, 0.6) is 0 Å². The lowest BCUT2D eigenvalue weighted by Crippen LogP contribution is -2.08. The van der Waals surface area contributed by atoms with Gasteiger partial charge in [-0.05, 0) is 25.1 Å². The van der Waals surface area contributed by atoms with Crippen LogP contribution in [0.4, 0.5) is 5.69 Å².